The highest BCUT2D eigenvalue weighted by molar-refractivity contribution is 5.88. The Morgan fingerprint density at radius 2 is 1.55 bits per heavy atom. The van der Waals surface area contributed by atoms with E-state index in [-0.39, 0.29) is 30.6 Å². The molecule has 3 aromatic carbocycles. The van der Waals surface area contributed by atoms with Crippen molar-refractivity contribution in [2.24, 2.45) is 0 Å². The lowest BCUT2D eigenvalue weighted by molar-refractivity contribution is -0.141. The van der Waals surface area contributed by atoms with E-state index in [1.807, 2.05) is 69.3 Å². The van der Waals surface area contributed by atoms with Crippen LogP contribution in [0, 0.1) is 5.82 Å². The van der Waals surface area contributed by atoms with Gasteiger partial charge in [0.1, 0.15) is 25.1 Å². The Morgan fingerprint density at radius 1 is 0.895 bits per heavy atom. The Hall–Kier alpha value is -3.87. The normalized spacial score (nSPS) is 13.5. The van der Waals surface area contributed by atoms with Crippen molar-refractivity contribution in [1.82, 2.24) is 10.2 Å². The van der Waals surface area contributed by atoms with Crippen LogP contribution in [0.2, 0.25) is 0 Å². The quantitative estimate of drug-likeness (QED) is 0.429. The number of ether oxygens (including phenoxy) is 2. The summed E-state index contributed by atoms with van der Waals surface area (Å²) in [7, 11) is 0. The van der Waals surface area contributed by atoms with Crippen LogP contribution in [0.3, 0.4) is 0 Å². The molecule has 200 valence electrons. The van der Waals surface area contributed by atoms with Crippen molar-refractivity contribution in [3.8, 4) is 11.5 Å². The lowest BCUT2D eigenvalue weighted by atomic mass is 9.99. The van der Waals surface area contributed by atoms with Crippen molar-refractivity contribution in [1.29, 1.82) is 0 Å². The molecular formula is C31H35FN2O4. The minimum Gasteiger partial charge on any atom is -0.486 e. The Kier molecular flexibility index (Phi) is 8.66. The average molecular weight is 519 g/mol. The zero-order valence-corrected chi connectivity index (χ0v) is 22.2. The first-order valence-corrected chi connectivity index (χ1v) is 13.0. The third-order valence-corrected chi connectivity index (χ3v) is 6.27. The predicted molar refractivity (Wildman–Crippen MR) is 145 cm³/mol. The fourth-order valence-corrected chi connectivity index (χ4v) is 4.43. The number of fused-ring (bicyclic) bond motifs is 1. The second-order valence-electron chi connectivity index (χ2n) is 10.6. The third-order valence-electron chi connectivity index (χ3n) is 6.27. The van der Waals surface area contributed by atoms with Gasteiger partial charge in [-0.3, -0.25) is 9.59 Å². The zero-order valence-electron chi connectivity index (χ0n) is 22.2. The highest BCUT2D eigenvalue weighted by Gasteiger charge is 2.32. The first-order chi connectivity index (χ1) is 18.2. The van der Waals surface area contributed by atoms with Gasteiger partial charge in [-0.05, 0) is 68.1 Å². The Balaban J connectivity index is 1.60. The van der Waals surface area contributed by atoms with Crippen molar-refractivity contribution in [3.05, 3.63) is 95.3 Å². The number of hydrogen-bond donors (Lipinski definition) is 1. The number of halogens is 1. The molecule has 1 heterocycles. The van der Waals surface area contributed by atoms with Crippen LogP contribution in [0.25, 0.3) is 0 Å². The first kappa shape index (κ1) is 27.2. The number of benzene rings is 3. The van der Waals surface area contributed by atoms with Crippen LogP contribution in [0.1, 0.15) is 43.9 Å². The summed E-state index contributed by atoms with van der Waals surface area (Å²) in [6, 6.07) is 20.7. The molecule has 1 atom stereocenters. The molecule has 4 rings (SSSR count). The maximum Gasteiger partial charge on any atom is 0.243 e. The molecule has 0 fully saturated rings. The van der Waals surface area contributed by atoms with Gasteiger partial charge in [0, 0.05) is 24.9 Å². The SMILES string of the molecule is CC(C)(C)NC(=O)C(Cc1ccccc1)N(Cc1ccc(F)cc1)C(=O)CCc1ccc2c(c1)OCCO2. The number of carbonyl (C=O) groups excluding carboxylic acids is 2. The summed E-state index contributed by atoms with van der Waals surface area (Å²) in [6.45, 7) is 6.94. The van der Waals surface area contributed by atoms with Crippen LogP contribution in [0.15, 0.2) is 72.8 Å². The summed E-state index contributed by atoms with van der Waals surface area (Å²) in [5.41, 5.74) is 2.18. The van der Waals surface area contributed by atoms with Gasteiger partial charge >= 0.3 is 0 Å². The maximum atomic E-state index is 13.8. The van der Waals surface area contributed by atoms with Gasteiger partial charge in [-0.25, -0.2) is 4.39 Å². The van der Waals surface area contributed by atoms with Crippen molar-refractivity contribution < 1.29 is 23.5 Å². The fraction of sp³-hybridized carbons (Fsp3) is 0.355. The summed E-state index contributed by atoms with van der Waals surface area (Å²) in [4.78, 5) is 29.0. The predicted octanol–water partition coefficient (Wildman–Crippen LogP) is 5.08. The number of hydrogen-bond acceptors (Lipinski definition) is 4. The first-order valence-electron chi connectivity index (χ1n) is 13.0. The van der Waals surface area contributed by atoms with Crippen molar-refractivity contribution in [2.75, 3.05) is 13.2 Å². The van der Waals surface area contributed by atoms with E-state index in [0.717, 1.165) is 16.7 Å². The summed E-state index contributed by atoms with van der Waals surface area (Å²) in [5.74, 6) is 0.642. The van der Waals surface area contributed by atoms with Crippen molar-refractivity contribution in [3.63, 3.8) is 0 Å². The minimum atomic E-state index is -0.741. The van der Waals surface area contributed by atoms with Crippen molar-refractivity contribution in [2.45, 2.75) is 58.2 Å². The Morgan fingerprint density at radius 3 is 2.24 bits per heavy atom. The smallest absolute Gasteiger partial charge is 0.243 e. The van der Waals surface area contributed by atoms with Gasteiger partial charge < -0.3 is 19.7 Å². The van der Waals surface area contributed by atoms with E-state index in [0.29, 0.717) is 37.6 Å². The molecule has 1 aliphatic heterocycles. The van der Waals surface area contributed by atoms with Gasteiger partial charge in [0.05, 0.1) is 0 Å². The molecule has 0 aromatic heterocycles. The molecule has 0 aliphatic carbocycles. The number of carbonyl (C=O) groups is 2. The average Bonchev–Trinajstić information content (AvgIpc) is 2.90. The van der Waals surface area contributed by atoms with Crippen LogP contribution < -0.4 is 14.8 Å². The number of amides is 2. The molecule has 1 aliphatic rings. The lowest BCUT2D eigenvalue weighted by Crippen LogP contribution is -2.54. The Bertz CT molecular complexity index is 1240. The second-order valence-corrected chi connectivity index (χ2v) is 10.6. The summed E-state index contributed by atoms with van der Waals surface area (Å²) in [6.07, 6.45) is 1.04. The van der Waals surface area contributed by atoms with Gasteiger partial charge in [-0.15, -0.1) is 0 Å². The fourth-order valence-electron chi connectivity index (χ4n) is 4.43. The molecule has 38 heavy (non-hydrogen) atoms. The minimum absolute atomic E-state index is 0.158. The lowest BCUT2D eigenvalue weighted by Gasteiger charge is -2.34. The monoisotopic (exact) mass is 518 g/mol. The van der Waals surface area contributed by atoms with Crippen LogP contribution >= 0.6 is 0 Å². The summed E-state index contributed by atoms with van der Waals surface area (Å²) >= 11 is 0. The van der Waals surface area contributed by atoms with E-state index in [2.05, 4.69) is 5.32 Å². The Labute approximate surface area is 223 Å². The van der Waals surface area contributed by atoms with Gasteiger partial charge in [0.25, 0.3) is 0 Å². The molecular weight excluding hydrogens is 483 g/mol. The second kappa shape index (κ2) is 12.1. The molecule has 0 bridgehead atoms. The summed E-state index contributed by atoms with van der Waals surface area (Å²) < 4.78 is 24.9. The zero-order chi connectivity index (χ0) is 27.1. The van der Waals surface area contributed by atoms with Crippen LogP contribution in [0.5, 0.6) is 11.5 Å². The van der Waals surface area contributed by atoms with E-state index in [4.69, 9.17) is 9.47 Å². The topological polar surface area (TPSA) is 67.9 Å². The molecule has 1 N–H and O–H groups in total. The number of nitrogens with zero attached hydrogens (tertiary/aromatic N) is 1. The van der Waals surface area contributed by atoms with Gasteiger partial charge in [0.15, 0.2) is 11.5 Å². The molecule has 0 saturated carbocycles. The van der Waals surface area contributed by atoms with Crippen LogP contribution in [-0.4, -0.2) is 41.5 Å². The van der Waals surface area contributed by atoms with Gasteiger partial charge in [-0.2, -0.15) is 0 Å². The maximum absolute atomic E-state index is 13.8. The molecule has 0 radical (unpaired) electrons. The largest absolute Gasteiger partial charge is 0.486 e. The highest BCUT2D eigenvalue weighted by atomic mass is 19.1. The van der Waals surface area contributed by atoms with Crippen LogP contribution in [0.4, 0.5) is 4.39 Å². The van der Waals surface area contributed by atoms with Crippen LogP contribution in [-0.2, 0) is 29.0 Å². The molecule has 0 spiro atoms. The molecule has 3 aromatic rings. The number of rotatable bonds is 9. The number of aryl methyl sites for hydroxylation is 1. The molecule has 0 saturated heterocycles. The summed E-state index contributed by atoms with van der Waals surface area (Å²) in [5, 5.41) is 3.05. The molecule has 2 amide bonds. The molecule has 1 unspecified atom stereocenters. The number of nitrogens with one attached hydrogen (secondary N) is 1. The highest BCUT2D eigenvalue weighted by Crippen LogP contribution is 2.31. The van der Waals surface area contributed by atoms with Crippen molar-refractivity contribution >= 4 is 11.8 Å². The van der Waals surface area contributed by atoms with E-state index >= 15 is 0 Å². The van der Waals surface area contributed by atoms with Gasteiger partial charge in [0.2, 0.25) is 11.8 Å². The molecule has 6 nitrogen and oxygen atoms in total. The standard InChI is InChI=1S/C31H35FN2O4/c1-31(2,3)33-30(36)26(19-22-7-5-4-6-8-22)34(21-24-9-13-25(32)14-10-24)29(35)16-12-23-11-15-27-28(20-23)38-18-17-37-27/h4-11,13-15,20,26H,12,16-19,21H2,1-3H3,(H,33,36). The van der Waals surface area contributed by atoms with E-state index in [1.165, 1.54) is 12.1 Å². The third kappa shape index (κ3) is 7.57. The van der Waals surface area contributed by atoms with E-state index in [1.54, 1.807) is 17.0 Å². The van der Waals surface area contributed by atoms with Gasteiger partial charge in [-0.1, -0.05) is 48.5 Å². The van der Waals surface area contributed by atoms with E-state index < -0.39 is 11.6 Å². The van der Waals surface area contributed by atoms with E-state index in [9.17, 15) is 14.0 Å². The molecule has 7 heteroatoms.